The topological polar surface area (TPSA) is 96.6 Å². The number of carboxylic acids is 1. The molecule has 10 heteroatoms. The Balaban J connectivity index is 1.96. The number of hydrogen-bond acceptors (Lipinski definition) is 4. The van der Waals surface area contributed by atoms with E-state index in [1.807, 2.05) is 5.32 Å². The second-order valence-corrected chi connectivity index (χ2v) is 5.71. The minimum absolute atomic E-state index is 0.0957. The van der Waals surface area contributed by atoms with Gasteiger partial charge in [0.2, 0.25) is 0 Å². The number of rotatable bonds is 4. The van der Waals surface area contributed by atoms with E-state index in [4.69, 9.17) is 5.11 Å². The first-order valence-electron chi connectivity index (χ1n) is 7.14. The van der Waals surface area contributed by atoms with E-state index in [-0.39, 0.29) is 16.9 Å². The minimum Gasteiger partial charge on any atom is -0.477 e. The molecule has 1 aliphatic rings. The monoisotopic (exact) mass is 342 g/mol. The number of alkyl halides is 3. The highest BCUT2D eigenvalue weighted by Crippen LogP contribution is 2.40. The average Bonchev–Trinajstić information content (AvgIpc) is 3.21. The second-order valence-electron chi connectivity index (χ2n) is 5.71. The molecular weight excluding hydrogens is 329 g/mol. The Labute approximate surface area is 133 Å². The van der Waals surface area contributed by atoms with Gasteiger partial charge in [0.1, 0.15) is 11.6 Å². The van der Waals surface area contributed by atoms with Gasteiger partial charge in [-0.2, -0.15) is 18.3 Å². The Morgan fingerprint density at radius 3 is 2.62 bits per heavy atom. The lowest BCUT2D eigenvalue weighted by molar-refractivity contribution is -0.158. The fraction of sp³-hybridized carbons (Fsp3) is 0.429. The quantitative estimate of drug-likeness (QED) is 0.883. The van der Waals surface area contributed by atoms with Gasteiger partial charge in [-0.05, 0) is 31.7 Å². The van der Waals surface area contributed by atoms with E-state index < -0.39 is 30.0 Å². The molecule has 1 saturated carbocycles. The van der Waals surface area contributed by atoms with Crippen LogP contribution in [0.15, 0.2) is 12.3 Å². The third-order valence-electron chi connectivity index (χ3n) is 3.85. The van der Waals surface area contributed by atoms with Crippen molar-refractivity contribution in [2.75, 3.05) is 0 Å². The van der Waals surface area contributed by atoms with E-state index >= 15 is 0 Å². The molecule has 24 heavy (non-hydrogen) atoms. The third-order valence-corrected chi connectivity index (χ3v) is 3.85. The van der Waals surface area contributed by atoms with Crippen LogP contribution in [0.1, 0.15) is 39.4 Å². The number of nitrogens with zero attached hydrogens (tertiary/aromatic N) is 3. The Bertz CT molecular complexity index is 827. The van der Waals surface area contributed by atoms with Gasteiger partial charge in [-0.15, -0.1) is 0 Å². The Hall–Kier alpha value is -2.65. The van der Waals surface area contributed by atoms with Crippen LogP contribution in [-0.2, 0) is 0 Å². The van der Waals surface area contributed by atoms with E-state index in [2.05, 4.69) is 10.1 Å². The fourth-order valence-corrected chi connectivity index (χ4v) is 2.50. The molecule has 0 radical (unpaired) electrons. The number of carbonyl (C=O) groups excluding carboxylic acids is 1. The van der Waals surface area contributed by atoms with Gasteiger partial charge >= 0.3 is 12.1 Å². The van der Waals surface area contributed by atoms with Crippen LogP contribution in [0.25, 0.3) is 5.65 Å². The van der Waals surface area contributed by atoms with Crippen LogP contribution >= 0.6 is 0 Å². The van der Waals surface area contributed by atoms with Crippen molar-refractivity contribution in [3.63, 3.8) is 0 Å². The van der Waals surface area contributed by atoms with Crippen molar-refractivity contribution in [2.45, 2.75) is 32.0 Å². The molecule has 1 aliphatic carbocycles. The molecule has 0 saturated heterocycles. The number of halogens is 3. The number of nitrogens with one attached hydrogen (secondary N) is 1. The Morgan fingerprint density at radius 2 is 2.08 bits per heavy atom. The van der Waals surface area contributed by atoms with Crippen LogP contribution in [0, 0.1) is 12.8 Å². The largest absolute Gasteiger partial charge is 0.477 e. The number of fused-ring (bicyclic) bond motifs is 1. The number of hydrogen-bond donors (Lipinski definition) is 2. The molecule has 1 fully saturated rings. The summed E-state index contributed by atoms with van der Waals surface area (Å²) in [6.45, 7) is 1.55. The fourth-order valence-electron chi connectivity index (χ4n) is 2.50. The highest BCUT2D eigenvalue weighted by Gasteiger charge is 2.49. The van der Waals surface area contributed by atoms with Crippen molar-refractivity contribution in [3.05, 3.63) is 29.2 Å². The molecule has 7 nitrogen and oxygen atoms in total. The van der Waals surface area contributed by atoms with Crippen LogP contribution in [-0.4, -0.2) is 43.8 Å². The molecule has 1 amide bonds. The van der Waals surface area contributed by atoms with E-state index in [1.165, 1.54) is 10.6 Å². The number of carboxylic acid groups (broad SMARTS) is 1. The molecule has 3 rings (SSSR count). The van der Waals surface area contributed by atoms with Gasteiger partial charge in [0.25, 0.3) is 5.91 Å². The number of aromatic nitrogens is 3. The first-order valence-corrected chi connectivity index (χ1v) is 7.14. The Morgan fingerprint density at radius 1 is 1.42 bits per heavy atom. The van der Waals surface area contributed by atoms with Crippen LogP contribution in [0.5, 0.6) is 0 Å². The van der Waals surface area contributed by atoms with Gasteiger partial charge in [0, 0.05) is 5.69 Å². The van der Waals surface area contributed by atoms with Crippen molar-refractivity contribution in [2.24, 2.45) is 5.92 Å². The summed E-state index contributed by atoms with van der Waals surface area (Å²) < 4.78 is 40.3. The maximum absolute atomic E-state index is 13.0. The smallest absolute Gasteiger partial charge is 0.408 e. The average molecular weight is 342 g/mol. The Kier molecular flexibility index (Phi) is 3.69. The first-order chi connectivity index (χ1) is 11.2. The van der Waals surface area contributed by atoms with Crippen LogP contribution in [0.4, 0.5) is 13.2 Å². The first kappa shape index (κ1) is 16.2. The molecule has 2 heterocycles. The van der Waals surface area contributed by atoms with E-state index in [1.54, 1.807) is 6.92 Å². The number of carbonyl (C=O) groups is 2. The van der Waals surface area contributed by atoms with E-state index in [0.29, 0.717) is 18.5 Å². The summed E-state index contributed by atoms with van der Waals surface area (Å²) in [5.74, 6) is -2.91. The van der Waals surface area contributed by atoms with Crippen molar-refractivity contribution in [3.8, 4) is 0 Å². The molecule has 0 spiro atoms. The summed E-state index contributed by atoms with van der Waals surface area (Å²) in [5, 5.41) is 14.9. The van der Waals surface area contributed by atoms with E-state index in [0.717, 1.165) is 6.20 Å². The maximum Gasteiger partial charge on any atom is 0.408 e. The summed E-state index contributed by atoms with van der Waals surface area (Å²) in [6.07, 6.45) is -2.66. The molecule has 2 aromatic heterocycles. The lowest BCUT2D eigenvalue weighted by atomic mass is 10.1. The third kappa shape index (κ3) is 2.91. The maximum atomic E-state index is 13.0. The molecule has 2 aromatic rings. The lowest BCUT2D eigenvalue weighted by Crippen LogP contribution is -2.46. The van der Waals surface area contributed by atoms with Crippen molar-refractivity contribution in [1.29, 1.82) is 0 Å². The minimum atomic E-state index is -4.55. The molecule has 128 valence electrons. The molecular formula is C14H13F3N4O3. The highest BCUT2D eigenvalue weighted by molar-refractivity contribution is 6.00. The normalized spacial score (nSPS) is 16.2. The predicted octanol–water partition coefficient (Wildman–Crippen LogP) is 1.81. The summed E-state index contributed by atoms with van der Waals surface area (Å²) in [5.41, 5.74) is -0.215. The second kappa shape index (κ2) is 5.46. The molecule has 0 aliphatic heterocycles. The zero-order valence-corrected chi connectivity index (χ0v) is 12.5. The van der Waals surface area contributed by atoms with Gasteiger partial charge < -0.3 is 10.4 Å². The van der Waals surface area contributed by atoms with Crippen molar-refractivity contribution >= 4 is 17.5 Å². The standard InChI is InChI=1S/C14H13F3N4O3/c1-6-4-9(13(23)24)19-11-8(5-18-21(6)11)12(22)20-10(7-2-3-7)14(15,16)17/h4-5,7,10H,2-3H2,1H3,(H,20,22)(H,23,24)/t10-/m1/s1. The van der Waals surface area contributed by atoms with Gasteiger partial charge in [0.15, 0.2) is 11.3 Å². The molecule has 1 atom stereocenters. The summed E-state index contributed by atoms with van der Waals surface area (Å²) in [6, 6.07) is -0.670. The summed E-state index contributed by atoms with van der Waals surface area (Å²) in [4.78, 5) is 27.1. The van der Waals surface area contributed by atoms with Gasteiger partial charge in [0.05, 0.1) is 6.20 Å². The molecule has 2 N–H and O–H groups in total. The van der Waals surface area contributed by atoms with Gasteiger partial charge in [-0.1, -0.05) is 0 Å². The van der Waals surface area contributed by atoms with Crippen LogP contribution in [0.3, 0.4) is 0 Å². The SMILES string of the molecule is Cc1cc(C(=O)O)nc2c(C(=O)N[C@H](C3CC3)C(F)(F)F)cnn12. The molecule has 0 aromatic carbocycles. The predicted molar refractivity (Wildman–Crippen MR) is 74.7 cm³/mol. The van der Waals surface area contributed by atoms with Crippen molar-refractivity contribution < 1.29 is 27.9 Å². The highest BCUT2D eigenvalue weighted by atomic mass is 19.4. The lowest BCUT2D eigenvalue weighted by Gasteiger charge is -2.20. The zero-order valence-electron chi connectivity index (χ0n) is 12.5. The van der Waals surface area contributed by atoms with Crippen molar-refractivity contribution in [1.82, 2.24) is 19.9 Å². The zero-order chi connectivity index (χ0) is 17.6. The molecule has 0 unspecified atom stereocenters. The number of amides is 1. The number of aryl methyl sites for hydroxylation is 1. The van der Waals surface area contributed by atoms with Gasteiger partial charge in [-0.25, -0.2) is 14.3 Å². The summed E-state index contributed by atoms with van der Waals surface area (Å²) in [7, 11) is 0. The molecule has 0 bridgehead atoms. The van der Waals surface area contributed by atoms with Crippen LogP contribution < -0.4 is 5.32 Å². The van der Waals surface area contributed by atoms with E-state index in [9.17, 15) is 22.8 Å². The summed E-state index contributed by atoms with van der Waals surface area (Å²) >= 11 is 0. The van der Waals surface area contributed by atoms with Crippen LogP contribution in [0.2, 0.25) is 0 Å². The number of aromatic carboxylic acids is 1. The van der Waals surface area contributed by atoms with Gasteiger partial charge in [-0.3, -0.25) is 4.79 Å².